The fraction of sp³-hybridized carbons (Fsp3) is 1.00. The van der Waals surface area contributed by atoms with E-state index in [-0.39, 0.29) is 0 Å². The third kappa shape index (κ3) is 4.40. The maximum absolute atomic E-state index is 5.18. The average molecular weight is 228 g/mol. The highest BCUT2D eigenvalue weighted by Crippen LogP contribution is 2.20. The second kappa shape index (κ2) is 8.04. The Morgan fingerprint density at radius 1 is 1.44 bits per heavy atom. The van der Waals surface area contributed by atoms with E-state index in [0.717, 1.165) is 32.2 Å². The average Bonchev–Trinajstić information content (AvgIpc) is 2.33. The number of nitrogens with one attached hydrogen (secondary N) is 1. The van der Waals surface area contributed by atoms with E-state index < -0.39 is 0 Å². The van der Waals surface area contributed by atoms with Gasteiger partial charge in [0.1, 0.15) is 0 Å². The van der Waals surface area contributed by atoms with Crippen molar-refractivity contribution in [1.29, 1.82) is 0 Å². The lowest BCUT2D eigenvalue weighted by atomic mass is 9.99. The molecule has 1 saturated heterocycles. The molecule has 1 heterocycles. The normalized spacial score (nSPS) is 24.6. The molecule has 0 bridgehead atoms. The molecule has 3 heteroatoms. The molecule has 1 fully saturated rings. The zero-order valence-corrected chi connectivity index (χ0v) is 11.2. The Morgan fingerprint density at radius 3 is 2.94 bits per heavy atom. The molecule has 0 aliphatic carbocycles. The molecule has 0 radical (unpaired) electrons. The molecule has 16 heavy (non-hydrogen) atoms. The SMILES string of the molecule is CCNCC1CCCCN1C(C)CCOC. The van der Waals surface area contributed by atoms with Crippen LogP contribution in [0.5, 0.6) is 0 Å². The first-order valence-electron chi connectivity index (χ1n) is 6.75. The first-order valence-corrected chi connectivity index (χ1v) is 6.75. The summed E-state index contributed by atoms with van der Waals surface area (Å²) in [6.07, 6.45) is 5.26. The van der Waals surface area contributed by atoms with Crippen molar-refractivity contribution in [3.8, 4) is 0 Å². The zero-order valence-electron chi connectivity index (χ0n) is 11.2. The monoisotopic (exact) mass is 228 g/mol. The van der Waals surface area contributed by atoms with Crippen molar-refractivity contribution < 1.29 is 4.74 Å². The number of likely N-dealkylation sites (N-methyl/N-ethyl adjacent to an activating group) is 1. The van der Waals surface area contributed by atoms with Crippen molar-refractivity contribution in [2.75, 3.05) is 33.4 Å². The van der Waals surface area contributed by atoms with Crippen LogP contribution in [0.1, 0.15) is 39.5 Å². The standard InChI is InChI=1S/C13H28N2O/c1-4-14-11-13-7-5-6-9-15(13)12(2)8-10-16-3/h12-14H,4-11H2,1-3H3. The van der Waals surface area contributed by atoms with Crippen LogP contribution in [-0.4, -0.2) is 50.3 Å². The van der Waals surface area contributed by atoms with Gasteiger partial charge in [0, 0.05) is 32.3 Å². The summed E-state index contributed by atoms with van der Waals surface area (Å²) >= 11 is 0. The quantitative estimate of drug-likeness (QED) is 0.720. The molecular weight excluding hydrogens is 200 g/mol. The fourth-order valence-corrected chi connectivity index (χ4v) is 2.59. The van der Waals surface area contributed by atoms with E-state index in [0.29, 0.717) is 6.04 Å². The van der Waals surface area contributed by atoms with Crippen molar-refractivity contribution in [3.05, 3.63) is 0 Å². The number of nitrogens with zero attached hydrogens (tertiary/aromatic N) is 1. The van der Waals surface area contributed by atoms with Crippen LogP contribution in [0.25, 0.3) is 0 Å². The highest BCUT2D eigenvalue weighted by Gasteiger charge is 2.25. The predicted octanol–water partition coefficient (Wildman–Crippen LogP) is 1.88. The second-order valence-electron chi connectivity index (χ2n) is 4.83. The molecule has 0 aromatic rings. The third-order valence-corrected chi connectivity index (χ3v) is 3.61. The summed E-state index contributed by atoms with van der Waals surface area (Å²) in [4.78, 5) is 2.67. The highest BCUT2D eigenvalue weighted by molar-refractivity contribution is 4.82. The molecule has 0 amide bonds. The van der Waals surface area contributed by atoms with Gasteiger partial charge < -0.3 is 10.1 Å². The van der Waals surface area contributed by atoms with Gasteiger partial charge in [-0.25, -0.2) is 0 Å². The van der Waals surface area contributed by atoms with Crippen molar-refractivity contribution in [2.45, 2.75) is 51.6 Å². The van der Waals surface area contributed by atoms with Gasteiger partial charge in [0.2, 0.25) is 0 Å². The first kappa shape index (κ1) is 13.9. The number of methoxy groups -OCH3 is 1. The van der Waals surface area contributed by atoms with Crippen LogP contribution in [0.15, 0.2) is 0 Å². The maximum atomic E-state index is 5.18. The highest BCUT2D eigenvalue weighted by atomic mass is 16.5. The van der Waals surface area contributed by atoms with E-state index in [1.54, 1.807) is 7.11 Å². The van der Waals surface area contributed by atoms with E-state index in [2.05, 4.69) is 24.1 Å². The molecule has 1 aliphatic heterocycles. The summed E-state index contributed by atoms with van der Waals surface area (Å²) < 4.78 is 5.18. The molecule has 0 aromatic heterocycles. The molecule has 1 aliphatic rings. The van der Waals surface area contributed by atoms with Gasteiger partial charge in [0.15, 0.2) is 0 Å². The Hall–Kier alpha value is -0.120. The van der Waals surface area contributed by atoms with Gasteiger partial charge in [-0.1, -0.05) is 13.3 Å². The Labute approximate surface area is 101 Å². The molecule has 2 atom stereocenters. The van der Waals surface area contributed by atoms with Crippen LogP contribution in [-0.2, 0) is 4.74 Å². The Kier molecular flexibility index (Phi) is 7.01. The molecule has 1 rings (SSSR count). The molecule has 2 unspecified atom stereocenters. The lowest BCUT2D eigenvalue weighted by molar-refractivity contribution is 0.0778. The molecule has 1 N–H and O–H groups in total. The second-order valence-corrected chi connectivity index (χ2v) is 4.83. The van der Waals surface area contributed by atoms with Crippen LogP contribution in [0.2, 0.25) is 0 Å². The van der Waals surface area contributed by atoms with Gasteiger partial charge in [-0.05, 0) is 39.3 Å². The summed E-state index contributed by atoms with van der Waals surface area (Å²) in [5.74, 6) is 0. The van der Waals surface area contributed by atoms with Crippen LogP contribution in [0, 0.1) is 0 Å². The summed E-state index contributed by atoms with van der Waals surface area (Å²) in [7, 11) is 1.79. The number of rotatable bonds is 7. The minimum Gasteiger partial charge on any atom is -0.385 e. The molecule has 96 valence electrons. The smallest absolute Gasteiger partial charge is 0.0477 e. The van der Waals surface area contributed by atoms with Crippen LogP contribution in [0.3, 0.4) is 0 Å². The number of ether oxygens (including phenoxy) is 1. The molecule has 0 spiro atoms. The molecular formula is C13H28N2O. The van der Waals surface area contributed by atoms with Crippen molar-refractivity contribution in [1.82, 2.24) is 10.2 Å². The number of piperidine rings is 1. The molecule has 0 saturated carbocycles. The van der Waals surface area contributed by atoms with Crippen LogP contribution in [0.4, 0.5) is 0 Å². The minimum absolute atomic E-state index is 0.656. The Bertz CT molecular complexity index is 175. The lowest BCUT2D eigenvalue weighted by Gasteiger charge is -2.40. The summed E-state index contributed by atoms with van der Waals surface area (Å²) in [5.41, 5.74) is 0. The number of likely N-dealkylation sites (tertiary alicyclic amines) is 1. The van der Waals surface area contributed by atoms with E-state index >= 15 is 0 Å². The van der Waals surface area contributed by atoms with Gasteiger partial charge in [-0.2, -0.15) is 0 Å². The zero-order chi connectivity index (χ0) is 11.8. The molecule has 0 aromatic carbocycles. The predicted molar refractivity (Wildman–Crippen MR) is 68.8 cm³/mol. The van der Waals surface area contributed by atoms with Crippen LogP contribution < -0.4 is 5.32 Å². The van der Waals surface area contributed by atoms with Gasteiger partial charge in [0.05, 0.1) is 0 Å². The minimum atomic E-state index is 0.656. The van der Waals surface area contributed by atoms with Crippen molar-refractivity contribution in [2.24, 2.45) is 0 Å². The van der Waals surface area contributed by atoms with E-state index in [9.17, 15) is 0 Å². The first-order chi connectivity index (χ1) is 7.79. The Balaban J connectivity index is 2.38. The topological polar surface area (TPSA) is 24.5 Å². The van der Waals surface area contributed by atoms with Gasteiger partial charge in [-0.3, -0.25) is 4.90 Å². The van der Waals surface area contributed by atoms with Gasteiger partial charge in [-0.15, -0.1) is 0 Å². The van der Waals surface area contributed by atoms with Gasteiger partial charge >= 0.3 is 0 Å². The van der Waals surface area contributed by atoms with Crippen molar-refractivity contribution >= 4 is 0 Å². The Morgan fingerprint density at radius 2 is 2.25 bits per heavy atom. The summed E-state index contributed by atoms with van der Waals surface area (Å²) in [5, 5.41) is 3.49. The third-order valence-electron chi connectivity index (χ3n) is 3.61. The van der Waals surface area contributed by atoms with E-state index in [4.69, 9.17) is 4.74 Å². The number of hydrogen-bond acceptors (Lipinski definition) is 3. The summed E-state index contributed by atoms with van der Waals surface area (Å²) in [6, 6.07) is 1.39. The maximum Gasteiger partial charge on any atom is 0.0477 e. The fourth-order valence-electron chi connectivity index (χ4n) is 2.59. The lowest BCUT2D eigenvalue weighted by Crippen LogP contribution is -2.49. The largest absolute Gasteiger partial charge is 0.385 e. The van der Waals surface area contributed by atoms with E-state index in [1.165, 1.54) is 25.8 Å². The molecule has 3 nitrogen and oxygen atoms in total. The van der Waals surface area contributed by atoms with Crippen LogP contribution >= 0.6 is 0 Å². The number of hydrogen-bond donors (Lipinski definition) is 1. The van der Waals surface area contributed by atoms with Crippen molar-refractivity contribution in [3.63, 3.8) is 0 Å². The summed E-state index contributed by atoms with van der Waals surface area (Å²) in [6.45, 7) is 8.89. The van der Waals surface area contributed by atoms with E-state index in [1.807, 2.05) is 0 Å². The van der Waals surface area contributed by atoms with Gasteiger partial charge in [0.25, 0.3) is 0 Å².